The molecular formula is C10H16O3. The van der Waals surface area contributed by atoms with Gasteiger partial charge in [0.1, 0.15) is 5.78 Å². The van der Waals surface area contributed by atoms with E-state index in [0.717, 1.165) is 32.1 Å². The van der Waals surface area contributed by atoms with Gasteiger partial charge in [0.2, 0.25) is 0 Å². The van der Waals surface area contributed by atoms with E-state index in [1.807, 2.05) is 0 Å². The zero-order valence-corrected chi connectivity index (χ0v) is 7.79. The smallest absolute Gasteiger partial charge is 0.304 e. The number of carbonyl (C=O) groups excluding carboxylic acids is 1. The monoisotopic (exact) mass is 184 g/mol. The number of aliphatic carboxylic acids is 1. The molecule has 0 aromatic heterocycles. The fourth-order valence-electron chi connectivity index (χ4n) is 1.84. The molecule has 0 heterocycles. The Morgan fingerprint density at radius 1 is 1.31 bits per heavy atom. The summed E-state index contributed by atoms with van der Waals surface area (Å²) in [6.45, 7) is 0. The summed E-state index contributed by atoms with van der Waals surface area (Å²) < 4.78 is 0. The lowest BCUT2D eigenvalue weighted by atomic mass is 9.88. The van der Waals surface area contributed by atoms with Crippen LogP contribution in [0.4, 0.5) is 0 Å². The Hall–Kier alpha value is -0.860. The van der Waals surface area contributed by atoms with E-state index < -0.39 is 5.97 Å². The van der Waals surface area contributed by atoms with Gasteiger partial charge in [-0.15, -0.1) is 0 Å². The van der Waals surface area contributed by atoms with Crippen LogP contribution in [0.1, 0.15) is 44.9 Å². The van der Waals surface area contributed by atoms with Crippen LogP contribution in [0.3, 0.4) is 0 Å². The topological polar surface area (TPSA) is 54.4 Å². The molecule has 0 aromatic rings. The van der Waals surface area contributed by atoms with Crippen molar-refractivity contribution in [1.29, 1.82) is 0 Å². The van der Waals surface area contributed by atoms with Crippen LogP contribution in [0.2, 0.25) is 0 Å². The van der Waals surface area contributed by atoms with Crippen LogP contribution < -0.4 is 0 Å². The Morgan fingerprint density at radius 2 is 2.00 bits per heavy atom. The molecule has 1 atom stereocenters. The van der Waals surface area contributed by atoms with Crippen LogP contribution >= 0.6 is 0 Å². The van der Waals surface area contributed by atoms with E-state index in [9.17, 15) is 9.59 Å². The van der Waals surface area contributed by atoms with E-state index in [1.54, 1.807) is 0 Å². The predicted molar refractivity (Wildman–Crippen MR) is 48.5 cm³/mol. The lowest BCUT2D eigenvalue weighted by Crippen LogP contribution is -2.19. The first kappa shape index (κ1) is 10.2. The van der Waals surface area contributed by atoms with Gasteiger partial charge in [0, 0.05) is 12.3 Å². The summed E-state index contributed by atoms with van der Waals surface area (Å²) in [5.41, 5.74) is 0. The van der Waals surface area contributed by atoms with Gasteiger partial charge in [-0.25, -0.2) is 0 Å². The molecule has 0 radical (unpaired) electrons. The number of hydrogen-bond donors (Lipinski definition) is 1. The average Bonchev–Trinajstić information content (AvgIpc) is 2.04. The standard InChI is InChI=1S/C10H16O3/c11-9-6-4-2-1-3-5-8(9)7-10(12)13/h8H,1-7H2,(H,12,13). The maximum Gasteiger partial charge on any atom is 0.304 e. The highest BCUT2D eigenvalue weighted by Crippen LogP contribution is 2.21. The van der Waals surface area contributed by atoms with Crippen LogP contribution in [-0.2, 0) is 9.59 Å². The molecule has 13 heavy (non-hydrogen) atoms. The molecule has 0 saturated heterocycles. The number of carboxylic acids is 1. The van der Waals surface area contributed by atoms with Crippen molar-refractivity contribution in [2.24, 2.45) is 5.92 Å². The molecule has 1 saturated carbocycles. The fourth-order valence-corrected chi connectivity index (χ4v) is 1.84. The summed E-state index contributed by atoms with van der Waals surface area (Å²) in [6.07, 6.45) is 5.58. The number of carboxylic acid groups (broad SMARTS) is 1. The Balaban J connectivity index is 2.46. The molecule has 0 aliphatic heterocycles. The van der Waals surface area contributed by atoms with Gasteiger partial charge < -0.3 is 5.11 Å². The Labute approximate surface area is 78.1 Å². The zero-order valence-electron chi connectivity index (χ0n) is 7.79. The summed E-state index contributed by atoms with van der Waals surface area (Å²) in [7, 11) is 0. The normalized spacial score (nSPS) is 24.9. The predicted octanol–water partition coefficient (Wildman–Crippen LogP) is 2.00. The van der Waals surface area contributed by atoms with Crippen molar-refractivity contribution >= 4 is 11.8 Å². The highest BCUT2D eigenvalue weighted by atomic mass is 16.4. The lowest BCUT2D eigenvalue weighted by Gasteiger charge is -2.16. The van der Waals surface area contributed by atoms with Gasteiger partial charge in [-0.05, 0) is 12.8 Å². The van der Waals surface area contributed by atoms with E-state index in [4.69, 9.17) is 5.11 Å². The van der Waals surface area contributed by atoms with Gasteiger partial charge >= 0.3 is 5.97 Å². The minimum Gasteiger partial charge on any atom is -0.481 e. The summed E-state index contributed by atoms with van der Waals surface area (Å²) in [4.78, 5) is 21.9. The maximum absolute atomic E-state index is 11.4. The minimum atomic E-state index is -0.848. The third kappa shape index (κ3) is 3.57. The quantitative estimate of drug-likeness (QED) is 0.714. The highest BCUT2D eigenvalue weighted by molar-refractivity contribution is 5.84. The Kier molecular flexibility index (Phi) is 3.93. The van der Waals surface area contributed by atoms with Crippen molar-refractivity contribution in [3.05, 3.63) is 0 Å². The SMILES string of the molecule is O=C(O)CC1CCCCCCC1=O. The van der Waals surface area contributed by atoms with Crippen LogP contribution in [0, 0.1) is 5.92 Å². The molecule has 3 nitrogen and oxygen atoms in total. The fraction of sp³-hybridized carbons (Fsp3) is 0.800. The minimum absolute atomic E-state index is 0.0266. The number of rotatable bonds is 2. The van der Waals surface area contributed by atoms with Crippen molar-refractivity contribution in [1.82, 2.24) is 0 Å². The van der Waals surface area contributed by atoms with E-state index in [0.29, 0.717) is 6.42 Å². The summed E-state index contributed by atoms with van der Waals surface area (Å²) in [6, 6.07) is 0. The van der Waals surface area contributed by atoms with E-state index in [1.165, 1.54) is 0 Å². The summed E-state index contributed by atoms with van der Waals surface area (Å²) in [5.74, 6) is -0.904. The molecule has 0 bridgehead atoms. The lowest BCUT2D eigenvalue weighted by molar-refractivity contribution is -0.141. The molecule has 0 amide bonds. The summed E-state index contributed by atoms with van der Waals surface area (Å²) in [5, 5.41) is 8.59. The number of Topliss-reactive ketones (excluding diaryl/α,β-unsaturated/α-hetero) is 1. The van der Waals surface area contributed by atoms with Crippen molar-refractivity contribution < 1.29 is 14.7 Å². The number of carbonyl (C=O) groups is 2. The van der Waals surface area contributed by atoms with Gasteiger partial charge in [0.25, 0.3) is 0 Å². The molecule has 3 heteroatoms. The van der Waals surface area contributed by atoms with Crippen molar-refractivity contribution in [3.63, 3.8) is 0 Å². The molecule has 1 aliphatic carbocycles. The van der Waals surface area contributed by atoms with Crippen LogP contribution in [0.15, 0.2) is 0 Å². The van der Waals surface area contributed by atoms with Gasteiger partial charge in [-0.3, -0.25) is 9.59 Å². The highest BCUT2D eigenvalue weighted by Gasteiger charge is 2.21. The van der Waals surface area contributed by atoms with Crippen molar-refractivity contribution in [2.45, 2.75) is 44.9 Å². The third-order valence-electron chi connectivity index (χ3n) is 2.60. The van der Waals surface area contributed by atoms with Crippen LogP contribution in [0.5, 0.6) is 0 Å². The second-order valence-electron chi connectivity index (χ2n) is 3.71. The second kappa shape index (κ2) is 5.00. The molecule has 1 aliphatic rings. The van der Waals surface area contributed by atoms with Gasteiger partial charge in [-0.2, -0.15) is 0 Å². The molecule has 0 aromatic carbocycles. The molecule has 0 spiro atoms. The molecule has 74 valence electrons. The van der Waals surface area contributed by atoms with E-state index in [-0.39, 0.29) is 18.1 Å². The molecule has 1 rings (SSSR count). The Bertz CT molecular complexity index is 198. The van der Waals surface area contributed by atoms with Crippen molar-refractivity contribution in [3.8, 4) is 0 Å². The molecule has 1 fully saturated rings. The Morgan fingerprint density at radius 3 is 2.69 bits per heavy atom. The van der Waals surface area contributed by atoms with Crippen molar-refractivity contribution in [2.75, 3.05) is 0 Å². The van der Waals surface area contributed by atoms with Gasteiger partial charge in [0.15, 0.2) is 0 Å². The maximum atomic E-state index is 11.4. The zero-order chi connectivity index (χ0) is 9.68. The second-order valence-corrected chi connectivity index (χ2v) is 3.71. The van der Waals surface area contributed by atoms with E-state index >= 15 is 0 Å². The van der Waals surface area contributed by atoms with Gasteiger partial charge in [0.05, 0.1) is 6.42 Å². The van der Waals surface area contributed by atoms with Crippen LogP contribution in [-0.4, -0.2) is 16.9 Å². The first-order valence-electron chi connectivity index (χ1n) is 4.94. The van der Waals surface area contributed by atoms with E-state index in [2.05, 4.69) is 0 Å². The first-order chi connectivity index (χ1) is 6.20. The molecule has 1 N–H and O–H groups in total. The first-order valence-corrected chi connectivity index (χ1v) is 4.94. The summed E-state index contributed by atoms with van der Waals surface area (Å²) >= 11 is 0. The molecular weight excluding hydrogens is 168 g/mol. The van der Waals surface area contributed by atoms with Crippen LogP contribution in [0.25, 0.3) is 0 Å². The number of hydrogen-bond acceptors (Lipinski definition) is 2. The van der Waals surface area contributed by atoms with Gasteiger partial charge in [-0.1, -0.05) is 19.3 Å². The number of ketones is 1. The third-order valence-corrected chi connectivity index (χ3v) is 2.60. The largest absolute Gasteiger partial charge is 0.481 e. The average molecular weight is 184 g/mol. The molecule has 1 unspecified atom stereocenters.